The van der Waals surface area contributed by atoms with Crippen LogP contribution in [-0.4, -0.2) is 33.6 Å². The number of nitro benzene ring substituents is 1. The first-order chi connectivity index (χ1) is 8.49. The van der Waals surface area contributed by atoms with Gasteiger partial charge in [0.15, 0.2) is 4.90 Å². The van der Waals surface area contributed by atoms with Crippen molar-refractivity contribution in [3.05, 3.63) is 34.4 Å². The standard InChI is InChI=1S/C10H14N2O5S/c1-17-8-4-7-11-18(15,16)10-6-3-2-5-9(10)12(13)14/h2-3,5-6,11H,4,7-8H2,1H3. The molecule has 0 heterocycles. The van der Waals surface area contributed by atoms with Gasteiger partial charge in [0.05, 0.1) is 4.92 Å². The van der Waals surface area contributed by atoms with Gasteiger partial charge in [-0.25, -0.2) is 13.1 Å². The Hall–Kier alpha value is -1.51. The lowest BCUT2D eigenvalue weighted by atomic mass is 10.3. The molecule has 0 unspecified atom stereocenters. The number of sulfonamides is 1. The van der Waals surface area contributed by atoms with Crippen LogP contribution in [0.4, 0.5) is 5.69 Å². The van der Waals surface area contributed by atoms with E-state index in [0.717, 1.165) is 6.07 Å². The Morgan fingerprint density at radius 1 is 1.39 bits per heavy atom. The predicted molar refractivity (Wildman–Crippen MR) is 64.8 cm³/mol. The fraction of sp³-hybridized carbons (Fsp3) is 0.400. The van der Waals surface area contributed by atoms with Crippen LogP contribution in [0.15, 0.2) is 29.2 Å². The third-order valence-electron chi connectivity index (χ3n) is 2.17. The molecule has 7 nitrogen and oxygen atoms in total. The fourth-order valence-electron chi connectivity index (χ4n) is 1.34. The Labute approximate surface area is 105 Å². The maximum absolute atomic E-state index is 11.9. The summed E-state index contributed by atoms with van der Waals surface area (Å²) in [5.74, 6) is 0. The Bertz CT molecular complexity index is 515. The maximum Gasteiger partial charge on any atom is 0.289 e. The van der Waals surface area contributed by atoms with Crippen molar-refractivity contribution in [3.8, 4) is 0 Å². The van der Waals surface area contributed by atoms with Gasteiger partial charge in [-0.15, -0.1) is 0 Å². The number of nitrogens with zero attached hydrogens (tertiary/aromatic N) is 1. The molecule has 0 aliphatic carbocycles. The topological polar surface area (TPSA) is 98.5 Å². The van der Waals surface area contributed by atoms with Crippen molar-refractivity contribution in [3.63, 3.8) is 0 Å². The zero-order chi connectivity index (χ0) is 13.6. The average molecular weight is 274 g/mol. The monoisotopic (exact) mass is 274 g/mol. The zero-order valence-corrected chi connectivity index (χ0v) is 10.6. The summed E-state index contributed by atoms with van der Waals surface area (Å²) in [5, 5.41) is 10.7. The minimum Gasteiger partial charge on any atom is -0.385 e. The molecule has 18 heavy (non-hydrogen) atoms. The molecule has 100 valence electrons. The van der Waals surface area contributed by atoms with E-state index >= 15 is 0 Å². The molecule has 0 amide bonds. The average Bonchev–Trinajstić information content (AvgIpc) is 2.35. The van der Waals surface area contributed by atoms with E-state index in [2.05, 4.69) is 4.72 Å². The molecule has 0 spiro atoms. The van der Waals surface area contributed by atoms with Crippen molar-refractivity contribution >= 4 is 15.7 Å². The van der Waals surface area contributed by atoms with Crippen molar-refractivity contribution in [2.75, 3.05) is 20.3 Å². The summed E-state index contributed by atoms with van der Waals surface area (Å²) in [5.41, 5.74) is -0.434. The van der Waals surface area contributed by atoms with Crippen LogP contribution < -0.4 is 4.72 Å². The van der Waals surface area contributed by atoms with Crippen molar-refractivity contribution in [2.45, 2.75) is 11.3 Å². The first-order valence-electron chi connectivity index (χ1n) is 5.21. The lowest BCUT2D eigenvalue weighted by molar-refractivity contribution is -0.387. The largest absolute Gasteiger partial charge is 0.385 e. The van der Waals surface area contributed by atoms with E-state index in [1.807, 2.05) is 0 Å². The molecular formula is C10H14N2O5S. The van der Waals surface area contributed by atoms with Gasteiger partial charge in [0.1, 0.15) is 0 Å². The van der Waals surface area contributed by atoms with Crippen molar-refractivity contribution in [2.24, 2.45) is 0 Å². The second kappa shape index (κ2) is 6.43. The molecule has 0 fully saturated rings. The van der Waals surface area contributed by atoms with Gasteiger partial charge >= 0.3 is 0 Å². The SMILES string of the molecule is COCCCNS(=O)(=O)c1ccccc1[N+](=O)[O-]. The summed E-state index contributed by atoms with van der Waals surface area (Å²) in [4.78, 5) is 9.69. The van der Waals surface area contributed by atoms with Crippen molar-refractivity contribution in [1.29, 1.82) is 0 Å². The Morgan fingerprint density at radius 3 is 2.67 bits per heavy atom. The number of hydrogen-bond donors (Lipinski definition) is 1. The first kappa shape index (κ1) is 14.6. The Balaban J connectivity index is 2.88. The summed E-state index contributed by atoms with van der Waals surface area (Å²) in [6, 6.07) is 5.22. The lowest BCUT2D eigenvalue weighted by Crippen LogP contribution is -2.26. The van der Waals surface area contributed by atoms with Crippen LogP contribution >= 0.6 is 0 Å². The summed E-state index contributed by atoms with van der Waals surface area (Å²) in [6.07, 6.45) is 0.496. The van der Waals surface area contributed by atoms with Crippen LogP contribution in [0, 0.1) is 10.1 Å². The zero-order valence-electron chi connectivity index (χ0n) is 9.83. The number of ether oxygens (including phenoxy) is 1. The van der Waals surface area contributed by atoms with Gasteiger partial charge in [-0.1, -0.05) is 12.1 Å². The molecule has 8 heteroatoms. The van der Waals surface area contributed by atoms with E-state index in [9.17, 15) is 18.5 Å². The van der Waals surface area contributed by atoms with Crippen LogP contribution in [-0.2, 0) is 14.8 Å². The number of benzene rings is 1. The number of nitro groups is 1. The van der Waals surface area contributed by atoms with Crippen LogP contribution in [0.3, 0.4) is 0 Å². The van der Waals surface area contributed by atoms with Crippen molar-refractivity contribution < 1.29 is 18.1 Å². The summed E-state index contributed by atoms with van der Waals surface area (Å²) in [6.45, 7) is 0.585. The molecule has 0 aromatic heterocycles. The highest BCUT2D eigenvalue weighted by molar-refractivity contribution is 7.89. The predicted octanol–water partition coefficient (Wildman–Crippen LogP) is 0.910. The minimum atomic E-state index is -3.86. The number of para-hydroxylation sites is 1. The molecule has 0 atom stereocenters. The number of nitrogens with one attached hydrogen (secondary N) is 1. The summed E-state index contributed by atoms with van der Waals surface area (Å²) in [7, 11) is -2.35. The Morgan fingerprint density at radius 2 is 2.06 bits per heavy atom. The first-order valence-corrected chi connectivity index (χ1v) is 6.69. The van der Waals surface area contributed by atoms with Gasteiger partial charge < -0.3 is 4.74 Å². The highest BCUT2D eigenvalue weighted by atomic mass is 32.2. The van der Waals surface area contributed by atoms with E-state index in [1.165, 1.54) is 25.3 Å². The number of rotatable bonds is 7. The highest BCUT2D eigenvalue weighted by Crippen LogP contribution is 2.22. The third-order valence-corrected chi connectivity index (χ3v) is 3.68. The Kier molecular flexibility index (Phi) is 5.20. The van der Waals surface area contributed by atoms with Crippen LogP contribution in [0.2, 0.25) is 0 Å². The maximum atomic E-state index is 11.9. The highest BCUT2D eigenvalue weighted by Gasteiger charge is 2.24. The van der Waals surface area contributed by atoms with Crippen LogP contribution in [0.25, 0.3) is 0 Å². The molecule has 0 aliphatic heterocycles. The molecule has 1 N–H and O–H groups in total. The molecule has 1 rings (SSSR count). The molecule has 0 aliphatic rings. The van der Waals surface area contributed by atoms with E-state index in [1.54, 1.807) is 0 Å². The molecule has 0 bridgehead atoms. The fourth-order valence-corrected chi connectivity index (χ4v) is 2.58. The van der Waals surface area contributed by atoms with E-state index in [0.29, 0.717) is 13.0 Å². The van der Waals surface area contributed by atoms with Gasteiger partial charge in [0, 0.05) is 26.3 Å². The number of hydrogen-bond acceptors (Lipinski definition) is 5. The molecule has 0 radical (unpaired) electrons. The van der Waals surface area contributed by atoms with Gasteiger partial charge in [-0.2, -0.15) is 0 Å². The van der Waals surface area contributed by atoms with Crippen molar-refractivity contribution in [1.82, 2.24) is 4.72 Å². The summed E-state index contributed by atoms with van der Waals surface area (Å²) < 4.78 is 30.8. The molecule has 0 saturated carbocycles. The van der Waals surface area contributed by atoms with E-state index < -0.39 is 20.6 Å². The quantitative estimate of drug-likeness (QED) is 0.452. The lowest BCUT2D eigenvalue weighted by Gasteiger charge is -2.06. The second-order valence-electron chi connectivity index (χ2n) is 3.47. The van der Waals surface area contributed by atoms with Gasteiger partial charge in [-0.3, -0.25) is 10.1 Å². The molecule has 1 aromatic carbocycles. The third kappa shape index (κ3) is 3.76. The van der Waals surface area contributed by atoms with Gasteiger partial charge in [0.25, 0.3) is 5.69 Å². The van der Waals surface area contributed by atoms with Gasteiger partial charge in [0.2, 0.25) is 10.0 Å². The van der Waals surface area contributed by atoms with Gasteiger partial charge in [-0.05, 0) is 12.5 Å². The van der Waals surface area contributed by atoms with E-state index in [4.69, 9.17) is 4.74 Å². The van der Waals surface area contributed by atoms with E-state index in [-0.39, 0.29) is 11.4 Å². The molecule has 0 saturated heterocycles. The second-order valence-corrected chi connectivity index (χ2v) is 5.20. The normalized spacial score (nSPS) is 11.4. The molecular weight excluding hydrogens is 260 g/mol. The summed E-state index contributed by atoms with van der Waals surface area (Å²) >= 11 is 0. The van der Waals surface area contributed by atoms with Crippen LogP contribution in [0.1, 0.15) is 6.42 Å². The molecule has 1 aromatic rings. The van der Waals surface area contributed by atoms with Crippen LogP contribution in [0.5, 0.6) is 0 Å². The minimum absolute atomic E-state index is 0.169. The number of methoxy groups -OCH3 is 1. The smallest absolute Gasteiger partial charge is 0.289 e.